The molecule has 0 aliphatic rings. The number of phenols is 1. The molecule has 0 saturated heterocycles. The maximum Gasteiger partial charge on any atom is 0.240 e. The van der Waals surface area contributed by atoms with E-state index in [-0.39, 0.29) is 11.4 Å². The number of benzene rings is 2. The van der Waals surface area contributed by atoms with Gasteiger partial charge in [-0.2, -0.15) is 0 Å². The number of halogens is 2. The van der Waals surface area contributed by atoms with Crippen LogP contribution in [0.4, 0.5) is 20.2 Å². The van der Waals surface area contributed by atoms with Gasteiger partial charge in [-0.15, -0.1) is 0 Å². The van der Waals surface area contributed by atoms with Crippen molar-refractivity contribution in [1.29, 1.82) is 0 Å². The Labute approximate surface area is 124 Å². The maximum atomic E-state index is 13.5. The molecule has 2 aromatic carbocycles. The van der Waals surface area contributed by atoms with E-state index in [9.17, 15) is 23.5 Å². The summed E-state index contributed by atoms with van der Waals surface area (Å²) in [6.07, 6.45) is -0.597. The molecule has 0 radical (unpaired) electrons. The molecule has 0 heterocycles. The largest absolute Gasteiger partial charge is 0.505 e. The zero-order valence-electron chi connectivity index (χ0n) is 11.3. The van der Waals surface area contributed by atoms with Gasteiger partial charge in [-0.25, -0.2) is 8.78 Å². The first-order valence-corrected chi connectivity index (χ1v) is 6.24. The van der Waals surface area contributed by atoms with Crippen LogP contribution in [-0.4, -0.2) is 16.9 Å². The maximum absolute atomic E-state index is 13.5. The monoisotopic (exact) mass is 306 g/mol. The highest BCUT2D eigenvalue weighted by Gasteiger charge is 2.21. The lowest BCUT2D eigenvalue weighted by molar-refractivity contribution is -0.125. The summed E-state index contributed by atoms with van der Waals surface area (Å²) < 4.78 is 26.5. The lowest BCUT2D eigenvalue weighted by atomic mass is 10.2. The second-order valence-electron chi connectivity index (χ2n) is 4.48. The first-order chi connectivity index (χ1) is 10.4. The number of amides is 2. The van der Waals surface area contributed by atoms with Gasteiger partial charge in [-0.3, -0.25) is 14.5 Å². The summed E-state index contributed by atoms with van der Waals surface area (Å²) in [6, 6.07) is 8.14. The highest BCUT2D eigenvalue weighted by Crippen LogP contribution is 2.29. The van der Waals surface area contributed by atoms with E-state index in [4.69, 9.17) is 5.73 Å². The predicted octanol–water partition coefficient (Wildman–Crippen LogP) is 2.21. The highest BCUT2D eigenvalue weighted by molar-refractivity contribution is 6.08. The van der Waals surface area contributed by atoms with Crippen molar-refractivity contribution < 1.29 is 23.5 Å². The minimum absolute atomic E-state index is 0.0770. The van der Waals surface area contributed by atoms with Gasteiger partial charge in [0.1, 0.15) is 12.2 Å². The number of carbonyl (C=O) groups is 2. The third kappa shape index (κ3) is 3.38. The molecule has 2 aromatic rings. The molecule has 0 saturated carbocycles. The molecule has 3 N–H and O–H groups in total. The van der Waals surface area contributed by atoms with Crippen molar-refractivity contribution in [1.82, 2.24) is 0 Å². The zero-order valence-corrected chi connectivity index (χ0v) is 11.3. The Balaban J connectivity index is 2.48. The number of primary amides is 1. The lowest BCUT2D eigenvalue weighted by Gasteiger charge is -2.22. The van der Waals surface area contributed by atoms with Gasteiger partial charge in [0, 0.05) is 11.8 Å². The number of nitrogens with zero attached hydrogens (tertiary/aromatic N) is 1. The van der Waals surface area contributed by atoms with Crippen LogP contribution in [-0.2, 0) is 9.59 Å². The number of phenolic OH excluding ortho intramolecular Hbond substituents is 1. The second-order valence-corrected chi connectivity index (χ2v) is 4.48. The summed E-state index contributed by atoms with van der Waals surface area (Å²) in [6.45, 7) is 0. The summed E-state index contributed by atoms with van der Waals surface area (Å²) in [5, 5.41) is 9.21. The molecule has 0 aliphatic heterocycles. The summed E-state index contributed by atoms with van der Waals surface area (Å²) in [4.78, 5) is 24.2. The number of hydrogen-bond donors (Lipinski definition) is 2. The van der Waals surface area contributed by atoms with Gasteiger partial charge < -0.3 is 10.8 Å². The fourth-order valence-electron chi connectivity index (χ4n) is 1.89. The summed E-state index contributed by atoms with van der Waals surface area (Å²) >= 11 is 0. The first kappa shape index (κ1) is 15.4. The molecule has 0 fully saturated rings. The van der Waals surface area contributed by atoms with E-state index in [0.717, 1.165) is 29.2 Å². The molecule has 2 rings (SSSR count). The van der Waals surface area contributed by atoms with E-state index in [1.54, 1.807) is 0 Å². The fraction of sp³-hybridized carbons (Fsp3) is 0.0667. The van der Waals surface area contributed by atoms with Gasteiger partial charge in [0.25, 0.3) is 0 Å². The highest BCUT2D eigenvalue weighted by atomic mass is 19.1. The summed E-state index contributed by atoms with van der Waals surface area (Å²) in [7, 11) is 0. The molecule has 2 amide bonds. The standard InChI is InChI=1S/C15H12F2N2O3/c16-9-1-3-10(4-2-9)19(15(22)8-14(18)21)11-5-6-13(20)12(17)7-11/h1-7,20H,8H2,(H2,18,21). The van der Waals surface area contributed by atoms with Crippen LogP contribution < -0.4 is 10.6 Å². The Hall–Kier alpha value is -2.96. The van der Waals surface area contributed by atoms with E-state index in [2.05, 4.69) is 0 Å². The Morgan fingerprint density at radius 3 is 2.18 bits per heavy atom. The van der Waals surface area contributed by atoms with Gasteiger partial charge in [-0.05, 0) is 36.4 Å². The minimum atomic E-state index is -0.934. The number of rotatable bonds is 4. The molecular formula is C15H12F2N2O3. The molecular weight excluding hydrogens is 294 g/mol. The van der Waals surface area contributed by atoms with Crippen LogP contribution >= 0.6 is 0 Å². The minimum Gasteiger partial charge on any atom is -0.505 e. The second kappa shape index (κ2) is 6.21. The zero-order chi connectivity index (χ0) is 16.3. The molecule has 0 atom stereocenters. The Kier molecular flexibility index (Phi) is 4.36. The average molecular weight is 306 g/mol. The van der Waals surface area contributed by atoms with Crippen LogP contribution in [0.2, 0.25) is 0 Å². The van der Waals surface area contributed by atoms with Crippen molar-refractivity contribution >= 4 is 23.2 Å². The fourth-order valence-corrected chi connectivity index (χ4v) is 1.89. The molecule has 0 aliphatic carbocycles. The number of nitrogens with two attached hydrogens (primary N) is 1. The Bertz CT molecular complexity index is 717. The summed E-state index contributed by atoms with van der Waals surface area (Å²) in [5.41, 5.74) is 5.32. The smallest absolute Gasteiger partial charge is 0.240 e. The van der Waals surface area contributed by atoms with Crippen LogP contribution in [0.15, 0.2) is 42.5 Å². The van der Waals surface area contributed by atoms with Crippen molar-refractivity contribution in [3.05, 3.63) is 54.1 Å². The predicted molar refractivity (Wildman–Crippen MR) is 75.4 cm³/mol. The van der Waals surface area contributed by atoms with Crippen LogP contribution in [0.1, 0.15) is 6.42 Å². The van der Waals surface area contributed by atoms with Gasteiger partial charge in [0.05, 0.1) is 5.69 Å². The van der Waals surface area contributed by atoms with Crippen LogP contribution in [0.5, 0.6) is 5.75 Å². The van der Waals surface area contributed by atoms with Crippen molar-refractivity contribution in [2.75, 3.05) is 4.90 Å². The number of aromatic hydroxyl groups is 1. The molecule has 0 aromatic heterocycles. The van der Waals surface area contributed by atoms with Crippen molar-refractivity contribution in [3.63, 3.8) is 0 Å². The SMILES string of the molecule is NC(=O)CC(=O)N(c1ccc(F)cc1)c1ccc(O)c(F)c1. The molecule has 0 unspecified atom stereocenters. The molecule has 0 spiro atoms. The Morgan fingerprint density at radius 1 is 1.05 bits per heavy atom. The average Bonchev–Trinajstić information content (AvgIpc) is 2.44. The van der Waals surface area contributed by atoms with E-state index in [0.29, 0.717) is 0 Å². The van der Waals surface area contributed by atoms with Crippen molar-refractivity contribution in [2.24, 2.45) is 5.73 Å². The molecule has 22 heavy (non-hydrogen) atoms. The lowest BCUT2D eigenvalue weighted by Crippen LogP contribution is -2.30. The topological polar surface area (TPSA) is 83.6 Å². The third-order valence-corrected chi connectivity index (χ3v) is 2.85. The van der Waals surface area contributed by atoms with Gasteiger partial charge in [0.2, 0.25) is 11.8 Å². The Morgan fingerprint density at radius 2 is 1.64 bits per heavy atom. The number of carbonyl (C=O) groups excluding carboxylic acids is 2. The van der Waals surface area contributed by atoms with E-state index in [1.165, 1.54) is 18.2 Å². The normalized spacial score (nSPS) is 10.3. The van der Waals surface area contributed by atoms with E-state index >= 15 is 0 Å². The molecule has 7 heteroatoms. The van der Waals surface area contributed by atoms with Gasteiger partial charge in [0.15, 0.2) is 11.6 Å². The first-order valence-electron chi connectivity index (χ1n) is 6.24. The van der Waals surface area contributed by atoms with Crippen LogP contribution in [0.25, 0.3) is 0 Å². The number of hydrogen-bond acceptors (Lipinski definition) is 3. The quantitative estimate of drug-likeness (QED) is 0.849. The van der Waals surface area contributed by atoms with Crippen molar-refractivity contribution in [2.45, 2.75) is 6.42 Å². The summed E-state index contributed by atoms with van der Waals surface area (Å²) in [5.74, 6) is -3.58. The molecule has 0 bridgehead atoms. The van der Waals surface area contributed by atoms with E-state index < -0.39 is 35.6 Å². The van der Waals surface area contributed by atoms with Gasteiger partial charge >= 0.3 is 0 Å². The molecule has 114 valence electrons. The third-order valence-electron chi connectivity index (χ3n) is 2.85. The van der Waals surface area contributed by atoms with Crippen LogP contribution in [0.3, 0.4) is 0 Å². The number of anilines is 2. The van der Waals surface area contributed by atoms with Crippen LogP contribution in [0, 0.1) is 11.6 Å². The van der Waals surface area contributed by atoms with Crippen molar-refractivity contribution in [3.8, 4) is 5.75 Å². The van der Waals surface area contributed by atoms with E-state index in [1.807, 2.05) is 0 Å². The molecule has 5 nitrogen and oxygen atoms in total. The van der Waals surface area contributed by atoms with Gasteiger partial charge in [-0.1, -0.05) is 0 Å².